The van der Waals surface area contributed by atoms with Gasteiger partial charge in [0.2, 0.25) is 5.82 Å². The van der Waals surface area contributed by atoms with Crippen molar-refractivity contribution in [1.29, 1.82) is 0 Å². The van der Waals surface area contributed by atoms with Gasteiger partial charge in [-0.2, -0.15) is 9.78 Å². The number of para-hydroxylation sites is 1. The molecule has 0 amide bonds. The van der Waals surface area contributed by atoms with Crippen LogP contribution in [0.15, 0.2) is 75.0 Å². The van der Waals surface area contributed by atoms with Crippen LogP contribution in [0.1, 0.15) is 26.3 Å². The zero-order valence-electron chi connectivity index (χ0n) is 21.3. The van der Waals surface area contributed by atoms with E-state index in [1.165, 1.54) is 4.68 Å². The Labute approximate surface area is 247 Å². The average Bonchev–Trinajstić information content (AvgIpc) is 3.31. The normalized spacial score (nSPS) is 12.1. The Bertz CT molecular complexity index is 1730. The minimum absolute atomic E-state index is 0.0492. The summed E-state index contributed by atoms with van der Waals surface area (Å²) in [4.78, 5) is 18.3. The Morgan fingerprint density at radius 2 is 1.76 bits per heavy atom. The van der Waals surface area contributed by atoms with Crippen molar-refractivity contribution in [3.8, 4) is 23.1 Å². The van der Waals surface area contributed by atoms with E-state index in [-0.39, 0.29) is 11.0 Å². The highest BCUT2D eigenvalue weighted by atomic mass is 127. The van der Waals surface area contributed by atoms with Crippen LogP contribution in [0.4, 0.5) is 0 Å². The minimum atomic E-state index is -0.288. The van der Waals surface area contributed by atoms with Gasteiger partial charge in [-0.1, -0.05) is 39.0 Å². The summed E-state index contributed by atoms with van der Waals surface area (Å²) in [6.07, 6.45) is 1.66. The first-order valence-electron chi connectivity index (χ1n) is 11.9. The second-order valence-corrected chi connectivity index (χ2v) is 12.3. The third-order valence-electron chi connectivity index (χ3n) is 5.71. The first-order valence-corrected chi connectivity index (χ1v) is 14.1. The van der Waals surface area contributed by atoms with E-state index in [2.05, 4.69) is 71.1 Å². The molecular weight excluding hydrogens is 708 g/mol. The number of hydrogen-bond acceptors (Lipinski definition) is 6. The number of methoxy groups -OCH3 is 1. The quantitative estimate of drug-likeness (QED) is 0.135. The van der Waals surface area contributed by atoms with Crippen LogP contribution < -0.4 is 15.0 Å². The molecule has 9 heteroatoms. The van der Waals surface area contributed by atoms with Crippen LogP contribution in [0.2, 0.25) is 0 Å². The standard InChI is InChI=1S/C29H25I2N3O4/c1-29(2,3)16-37-26-20(30)12-17(13-21(26)31)15-32-34-27(33-22-9-6-5-8-18(22)28(34)35)25-14-19-23(36-4)10-7-11-24(19)38-25/h5-15H,16H2,1-4H3. The monoisotopic (exact) mass is 733 g/mol. The molecule has 0 N–H and O–H groups in total. The number of halogens is 2. The molecule has 0 fully saturated rings. The number of benzene rings is 3. The summed E-state index contributed by atoms with van der Waals surface area (Å²) in [6.45, 7) is 7.02. The van der Waals surface area contributed by atoms with Crippen molar-refractivity contribution in [2.24, 2.45) is 10.5 Å². The molecule has 2 heterocycles. The summed E-state index contributed by atoms with van der Waals surface area (Å²) in [5.74, 6) is 2.24. The zero-order valence-corrected chi connectivity index (χ0v) is 25.6. The fourth-order valence-electron chi connectivity index (χ4n) is 3.92. The number of rotatable bonds is 6. The highest BCUT2D eigenvalue weighted by Crippen LogP contribution is 2.33. The van der Waals surface area contributed by atoms with Gasteiger partial charge in [0, 0.05) is 0 Å². The van der Waals surface area contributed by atoms with Gasteiger partial charge in [0.25, 0.3) is 5.56 Å². The van der Waals surface area contributed by atoms with Crippen molar-refractivity contribution < 1.29 is 13.9 Å². The molecular formula is C29H25I2N3O4. The Morgan fingerprint density at radius 1 is 1.03 bits per heavy atom. The maximum Gasteiger partial charge on any atom is 0.282 e. The molecule has 0 saturated carbocycles. The maximum absolute atomic E-state index is 13.6. The molecule has 5 aromatic rings. The Kier molecular flexibility index (Phi) is 7.49. The van der Waals surface area contributed by atoms with E-state index < -0.39 is 0 Å². The molecule has 7 nitrogen and oxygen atoms in total. The summed E-state index contributed by atoms with van der Waals surface area (Å²) in [7, 11) is 1.61. The van der Waals surface area contributed by atoms with Crippen LogP contribution in [-0.2, 0) is 0 Å². The van der Waals surface area contributed by atoms with Gasteiger partial charge in [-0.25, -0.2) is 4.98 Å². The van der Waals surface area contributed by atoms with Gasteiger partial charge in [0.05, 0.1) is 43.4 Å². The molecule has 0 unspecified atom stereocenters. The molecule has 0 aliphatic heterocycles. The molecule has 3 aromatic carbocycles. The van der Waals surface area contributed by atoms with E-state index in [1.807, 2.05) is 48.5 Å². The summed E-state index contributed by atoms with van der Waals surface area (Å²) in [5, 5.41) is 5.85. The van der Waals surface area contributed by atoms with E-state index in [4.69, 9.17) is 18.9 Å². The molecule has 0 atom stereocenters. The van der Waals surface area contributed by atoms with Gasteiger partial charge in [0.1, 0.15) is 17.1 Å². The molecule has 0 saturated heterocycles. The predicted molar refractivity (Wildman–Crippen MR) is 168 cm³/mol. The molecule has 194 valence electrons. The number of aromatic nitrogens is 2. The summed E-state index contributed by atoms with van der Waals surface area (Å²) >= 11 is 4.53. The van der Waals surface area contributed by atoms with Gasteiger partial charge in [-0.3, -0.25) is 4.79 Å². The number of nitrogens with zero attached hydrogens (tertiary/aromatic N) is 3. The van der Waals surface area contributed by atoms with Gasteiger partial charge < -0.3 is 13.9 Å². The van der Waals surface area contributed by atoms with Crippen LogP contribution in [0.5, 0.6) is 11.5 Å². The molecule has 0 aliphatic rings. The minimum Gasteiger partial charge on any atom is -0.496 e. The molecule has 5 rings (SSSR count). The Hall–Kier alpha value is -2.93. The van der Waals surface area contributed by atoms with Crippen molar-refractivity contribution >= 4 is 73.3 Å². The van der Waals surface area contributed by atoms with E-state index in [0.717, 1.165) is 23.8 Å². The average molecular weight is 733 g/mol. The van der Waals surface area contributed by atoms with Crippen LogP contribution in [0.25, 0.3) is 33.5 Å². The summed E-state index contributed by atoms with van der Waals surface area (Å²) < 4.78 is 20.9. The van der Waals surface area contributed by atoms with Gasteiger partial charge in [-0.15, -0.1) is 0 Å². The largest absolute Gasteiger partial charge is 0.496 e. The van der Waals surface area contributed by atoms with Crippen molar-refractivity contribution in [3.05, 3.63) is 83.7 Å². The summed E-state index contributed by atoms with van der Waals surface area (Å²) in [6, 6.07) is 18.6. The summed E-state index contributed by atoms with van der Waals surface area (Å²) in [5.41, 5.74) is 1.79. The first kappa shape index (κ1) is 26.7. The van der Waals surface area contributed by atoms with E-state index >= 15 is 0 Å². The first-order chi connectivity index (χ1) is 18.1. The molecule has 2 aromatic heterocycles. The maximum atomic E-state index is 13.6. The van der Waals surface area contributed by atoms with Gasteiger partial charge in [-0.05, 0) is 98.6 Å². The Morgan fingerprint density at radius 3 is 2.47 bits per heavy atom. The highest BCUT2D eigenvalue weighted by molar-refractivity contribution is 14.1. The Balaban J connectivity index is 1.61. The lowest BCUT2D eigenvalue weighted by atomic mass is 9.99. The molecule has 0 bridgehead atoms. The van der Waals surface area contributed by atoms with Crippen LogP contribution in [0, 0.1) is 12.6 Å². The highest BCUT2D eigenvalue weighted by Gasteiger charge is 2.18. The van der Waals surface area contributed by atoms with E-state index in [0.29, 0.717) is 40.4 Å². The third kappa shape index (κ3) is 5.44. The number of furan rings is 1. The van der Waals surface area contributed by atoms with Crippen molar-refractivity contribution in [1.82, 2.24) is 9.66 Å². The lowest BCUT2D eigenvalue weighted by Gasteiger charge is -2.20. The van der Waals surface area contributed by atoms with Gasteiger partial charge >= 0.3 is 0 Å². The van der Waals surface area contributed by atoms with Crippen molar-refractivity contribution in [2.75, 3.05) is 13.7 Å². The van der Waals surface area contributed by atoms with Crippen LogP contribution in [0.3, 0.4) is 0 Å². The fourth-order valence-corrected chi connectivity index (χ4v) is 6.05. The second kappa shape index (κ2) is 10.7. The van der Waals surface area contributed by atoms with Crippen molar-refractivity contribution in [2.45, 2.75) is 20.8 Å². The second-order valence-electron chi connectivity index (χ2n) is 9.96. The van der Waals surface area contributed by atoms with Gasteiger partial charge in [0.15, 0.2) is 5.76 Å². The van der Waals surface area contributed by atoms with Crippen molar-refractivity contribution in [3.63, 3.8) is 0 Å². The molecule has 0 radical (unpaired) electrons. The topological polar surface area (TPSA) is 78.9 Å². The van der Waals surface area contributed by atoms with E-state index in [9.17, 15) is 4.79 Å². The lowest BCUT2D eigenvalue weighted by Crippen LogP contribution is -2.20. The van der Waals surface area contributed by atoms with E-state index in [1.54, 1.807) is 25.5 Å². The third-order valence-corrected chi connectivity index (χ3v) is 7.31. The lowest BCUT2D eigenvalue weighted by molar-refractivity contribution is 0.195. The molecule has 38 heavy (non-hydrogen) atoms. The number of hydrogen-bond donors (Lipinski definition) is 0. The number of fused-ring (bicyclic) bond motifs is 2. The SMILES string of the molecule is COc1cccc2oc(-c3nc4ccccc4c(=O)n3N=Cc3cc(I)c(OCC(C)(C)C)c(I)c3)cc12. The number of ether oxygens (including phenoxy) is 2. The zero-order chi connectivity index (χ0) is 27.0. The van der Waals surface area contributed by atoms with Crippen LogP contribution in [-0.4, -0.2) is 29.6 Å². The predicted octanol–water partition coefficient (Wildman–Crippen LogP) is 7.33. The molecule has 0 aliphatic carbocycles. The smallest absolute Gasteiger partial charge is 0.282 e. The van der Waals surface area contributed by atoms with Crippen LogP contribution >= 0.6 is 45.2 Å². The fraction of sp³-hybridized carbons (Fsp3) is 0.207. The molecule has 0 spiro atoms.